The Morgan fingerprint density at radius 1 is 0.848 bits per heavy atom. The van der Waals surface area contributed by atoms with Gasteiger partial charge in [-0.3, -0.25) is 14.4 Å². The zero-order valence-corrected chi connectivity index (χ0v) is 18.1. The largest absolute Gasteiger partial charge is 0.497 e. The maximum Gasteiger partial charge on any atom is 0.325 e. The second-order valence-electron chi connectivity index (χ2n) is 6.98. The molecule has 7 nitrogen and oxygen atoms in total. The lowest BCUT2D eigenvalue weighted by Gasteiger charge is -2.11. The summed E-state index contributed by atoms with van der Waals surface area (Å²) in [4.78, 5) is 37.5. The van der Waals surface area contributed by atoms with Crippen molar-refractivity contribution in [2.75, 3.05) is 13.7 Å². The molecule has 7 heteroatoms. The van der Waals surface area contributed by atoms with E-state index in [9.17, 15) is 14.4 Å². The SMILES string of the molecule is COc1ccc(C=C(NC(=O)c2ccccc2)C(=O)NCC(=O)OCc2ccccc2)cc1. The van der Waals surface area contributed by atoms with Crippen molar-refractivity contribution in [2.45, 2.75) is 6.61 Å². The molecule has 0 fully saturated rings. The van der Waals surface area contributed by atoms with Crippen LogP contribution in [0.4, 0.5) is 0 Å². The van der Waals surface area contributed by atoms with E-state index in [1.807, 2.05) is 30.3 Å². The minimum atomic E-state index is -0.619. The average molecular weight is 444 g/mol. The van der Waals surface area contributed by atoms with Crippen molar-refractivity contribution in [3.8, 4) is 5.75 Å². The Labute approximate surface area is 192 Å². The highest BCUT2D eigenvalue weighted by Crippen LogP contribution is 2.14. The molecule has 0 heterocycles. The van der Waals surface area contributed by atoms with Crippen LogP contribution in [0.1, 0.15) is 21.5 Å². The molecule has 0 saturated carbocycles. The molecule has 0 aliphatic rings. The van der Waals surface area contributed by atoms with Gasteiger partial charge in [-0.15, -0.1) is 0 Å². The summed E-state index contributed by atoms with van der Waals surface area (Å²) >= 11 is 0. The number of nitrogens with one attached hydrogen (secondary N) is 2. The maximum absolute atomic E-state index is 12.8. The van der Waals surface area contributed by atoms with Gasteiger partial charge >= 0.3 is 5.97 Å². The highest BCUT2D eigenvalue weighted by atomic mass is 16.5. The molecule has 168 valence electrons. The fourth-order valence-corrected chi connectivity index (χ4v) is 2.85. The number of hydrogen-bond acceptors (Lipinski definition) is 5. The Bertz CT molecular complexity index is 1110. The third-order valence-electron chi connectivity index (χ3n) is 4.59. The smallest absolute Gasteiger partial charge is 0.325 e. The lowest BCUT2D eigenvalue weighted by Crippen LogP contribution is -2.37. The normalized spacial score (nSPS) is 10.8. The molecule has 0 bridgehead atoms. The van der Waals surface area contributed by atoms with Crippen LogP contribution >= 0.6 is 0 Å². The second-order valence-corrected chi connectivity index (χ2v) is 6.98. The summed E-state index contributed by atoms with van der Waals surface area (Å²) < 4.78 is 10.3. The van der Waals surface area contributed by atoms with Gasteiger partial charge in [0.1, 0.15) is 24.6 Å². The lowest BCUT2D eigenvalue weighted by molar-refractivity contribution is -0.144. The predicted octanol–water partition coefficient (Wildman–Crippen LogP) is 3.33. The number of ether oxygens (including phenoxy) is 2. The number of methoxy groups -OCH3 is 1. The molecule has 33 heavy (non-hydrogen) atoms. The molecule has 0 aromatic heterocycles. The van der Waals surface area contributed by atoms with Gasteiger partial charge in [-0.05, 0) is 41.5 Å². The second kappa shape index (κ2) is 11.9. The van der Waals surface area contributed by atoms with Crippen LogP contribution in [0.2, 0.25) is 0 Å². The van der Waals surface area contributed by atoms with Crippen LogP contribution < -0.4 is 15.4 Å². The summed E-state index contributed by atoms with van der Waals surface area (Å²) in [5, 5.41) is 5.12. The predicted molar refractivity (Wildman–Crippen MR) is 124 cm³/mol. The van der Waals surface area contributed by atoms with Crippen molar-refractivity contribution in [3.05, 3.63) is 107 Å². The van der Waals surface area contributed by atoms with Crippen molar-refractivity contribution >= 4 is 23.9 Å². The van der Waals surface area contributed by atoms with Gasteiger partial charge < -0.3 is 20.1 Å². The van der Waals surface area contributed by atoms with E-state index in [-0.39, 0.29) is 18.8 Å². The third kappa shape index (κ3) is 7.36. The van der Waals surface area contributed by atoms with E-state index in [2.05, 4.69) is 10.6 Å². The van der Waals surface area contributed by atoms with Crippen LogP contribution in [0, 0.1) is 0 Å². The molecule has 2 N–H and O–H groups in total. The Balaban J connectivity index is 1.67. The molecule has 3 aromatic rings. The number of esters is 1. The summed E-state index contributed by atoms with van der Waals surface area (Å²) in [6.45, 7) is -0.234. The number of carbonyl (C=O) groups is 3. The van der Waals surface area contributed by atoms with E-state index in [1.165, 1.54) is 6.08 Å². The van der Waals surface area contributed by atoms with Gasteiger partial charge in [0, 0.05) is 5.56 Å². The Morgan fingerprint density at radius 2 is 1.48 bits per heavy atom. The summed E-state index contributed by atoms with van der Waals surface area (Å²) in [7, 11) is 1.56. The van der Waals surface area contributed by atoms with Gasteiger partial charge in [0.25, 0.3) is 11.8 Å². The van der Waals surface area contributed by atoms with Crippen LogP contribution in [-0.2, 0) is 20.9 Å². The first-order valence-electron chi connectivity index (χ1n) is 10.2. The number of carbonyl (C=O) groups excluding carboxylic acids is 3. The monoisotopic (exact) mass is 444 g/mol. The Hall–Kier alpha value is -4.39. The molecule has 3 aromatic carbocycles. The minimum absolute atomic E-state index is 0.00937. The number of amides is 2. The van der Waals surface area contributed by atoms with Crippen LogP contribution in [0.3, 0.4) is 0 Å². The number of hydrogen-bond donors (Lipinski definition) is 2. The first-order valence-corrected chi connectivity index (χ1v) is 10.2. The fourth-order valence-electron chi connectivity index (χ4n) is 2.85. The zero-order chi connectivity index (χ0) is 23.5. The number of rotatable bonds is 9. The van der Waals surface area contributed by atoms with Gasteiger partial charge in [-0.25, -0.2) is 0 Å². The van der Waals surface area contributed by atoms with E-state index < -0.39 is 17.8 Å². The van der Waals surface area contributed by atoms with Gasteiger partial charge in [0.05, 0.1) is 7.11 Å². The summed E-state index contributed by atoms with van der Waals surface area (Å²) in [6, 6.07) is 24.7. The van der Waals surface area contributed by atoms with Gasteiger partial charge in [-0.2, -0.15) is 0 Å². The molecule has 0 saturated heterocycles. The van der Waals surface area contributed by atoms with Crippen LogP contribution in [0.15, 0.2) is 90.6 Å². The van der Waals surface area contributed by atoms with Gasteiger partial charge in [0.15, 0.2) is 0 Å². The molecule has 0 atom stereocenters. The van der Waals surface area contributed by atoms with Crippen molar-refractivity contribution in [1.29, 1.82) is 0 Å². The molecule has 0 unspecified atom stereocenters. The fraction of sp³-hybridized carbons (Fsp3) is 0.115. The Kier molecular flexibility index (Phi) is 8.36. The van der Waals surface area contributed by atoms with Crippen molar-refractivity contribution in [2.24, 2.45) is 0 Å². The summed E-state index contributed by atoms with van der Waals surface area (Å²) in [6.07, 6.45) is 1.52. The van der Waals surface area contributed by atoms with Crippen LogP contribution in [0.5, 0.6) is 5.75 Å². The minimum Gasteiger partial charge on any atom is -0.497 e. The van der Waals surface area contributed by atoms with E-state index >= 15 is 0 Å². The highest BCUT2D eigenvalue weighted by Gasteiger charge is 2.16. The van der Waals surface area contributed by atoms with Crippen molar-refractivity contribution in [1.82, 2.24) is 10.6 Å². The summed E-state index contributed by atoms with van der Waals surface area (Å²) in [5.74, 6) is -0.998. The van der Waals surface area contributed by atoms with Crippen molar-refractivity contribution in [3.63, 3.8) is 0 Å². The molecule has 0 spiro atoms. The quantitative estimate of drug-likeness (QED) is 0.390. The molecule has 0 aliphatic carbocycles. The number of benzene rings is 3. The highest BCUT2D eigenvalue weighted by molar-refractivity contribution is 6.05. The van der Waals surface area contributed by atoms with E-state index in [0.717, 1.165) is 5.56 Å². The van der Waals surface area contributed by atoms with Crippen LogP contribution in [0.25, 0.3) is 6.08 Å². The molecule has 0 radical (unpaired) electrons. The van der Waals surface area contributed by atoms with Crippen LogP contribution in [-0.4, -0.2) is 31.4 Å². The van der Waals surface area contributed by atoms with E-state index in [4.69, 9.17) is 9.47 Å². The molecule has 3 rings (SSSR count). The first kappa shape index (κ1) is 23.3. The average Bonchev–Trinajstić information content (AvgIpc) is 2.87. The zero-order valence-electron chi connectivity index (χ0n) is 18.1. The first-order chi connectivity index (χ1) is 16.0. The van der Waals surface area contributed by atoms with E-state index in [1.54, 1.807) is 61.7 Å². The van der Waals surface area contributed by atoms with Gasteiger partial charge in [0.2, 0.25) is 0 Å². The van der Waals surface area contributed by atoms with E-state index in [0.29, 0.717) is 16.9 Å². The lowest BCUT2D eigenvalue weighted by atomic mass is 10.1. The van der Waals surface area contributed by atoms with Crippen molar-refractivity contribution < 1.29 is 23.9 Å². The molecular formula is C26H24N2O5. The Morgan fingerprint density at radius 3 is 2.12 bits per heavy atom. The third-order valence-corrected chi connectivity index (χ3v) is 4.59. The summed E-state index contributed by atoms with van der Waals surface area (Å²) in [5.41, 5.74) is 1.89. The topological polar surface area (TPSA) is 93.7 Å². The molecular weight excluding hydrogens is 420 g/mol. The molecule has 0 aliphatic heterocycles. The maximum atomic E-state index is 12.8. The standard InChI is InChI=1S/C26H24N2O5/c1-32-22-14-12-19(13-15-22)16-23(28-25(30)21-10-6-3-7-11-21)26(31)27-17-24(29)33-18-20-8-4-2-5-9-20/h2-16H,17-18H2,1H3,(H,27,31)(H,28,30). The van der Waals surface area contributed by atoms with Gasteiger partial charge in [-0.1, -0.05) is 60.7 Å². The molecule has 2 amide bonds.